The lowest BCUT2D eigenvalue weighted by molar-refractivity contribution is -0.118. The quantitative estimate of drug-likeness (QED) is 0.840. The molecule has 1 N–H and O–H groups in total. The molecule has 0 atom stereocenters. The van der Waals surface area contributed by atoms with Gasteiger partial charge in [0.05, 0.1) is 5.75 Å². The Morgan fingerprint density at radius 1 is 1.19 bits per heavy atom. The molecule has 0 aliphatic heterocycles. The third kappa shape index (κ3) is 5.02. The van der Waals surface area contributed by atoms with Gasteiger partial charge in [0.15, 0.2) is 0 Å². The Kier molecular flexibility index (Phi) is 5.59. The number of amides is 1. The first-order chi connectivity index (χ1) is 10.0. The van der Waals surface area contributed by atoms with Gasteiger partial charge in [0, 0.05) is 22.5 Å². The molecule has 0 fully saturated rings. The Morgan fingerprint density at radius 2 is 2.00 bits per heavy atom. The predicted octanol–water partition coefficient (Wildman–Crippen LogP) is 4.03. The number of nitrogens with one attached hydrogen (secondary N) is 1. The fourth-order valence-corrected chi connectivity index (χ4v) is 2.60. The fraction of sp³-hybridized carbons (Fsp3) is 0.133. The highest BCUT2D eigenvalue weighted by molar-refractivity contribution is 8.00. The van der Waals surface area contributed by atoms with Gasteiger partial charge in [-0.3, -0.25) is 4.79 Å². The van der Waals surface area contributed by atoms with Crippen molar-refractivity contribution in [1.29, 1.82) is 0 Å². The highest BCUT2D eigenvalue weighted by atomic mass is 35.5. The Bertz CT molecular complexity index is 651. The Morgan fingerprint density at radius 3 is 2.71 bits per heavy atom. The maximum atomic E-state index is 13.4. The van der Waals surface area contributed by atoms with E-state index in [0.717, 1.165) is 29.5 Å². The molecule has 2 aromatic rings. The number of carbonyl (C=O) groups is 1. The highest BCUT2D eigenvalue weighted by Crippen LogP contribution is 2.22. The van der Waals surface area contributed by atoms with Gasteiger partial charge in [-0.15, -0.1) is 11.8 Å². The van der Waals surface area contributed by atoms with Crippen LogP contribution in [0.5, 0.6) is 0 Å². The number of rotatable bonds is 5. The van der Waals surface area contributed by atoms with E-state index in [2.05, 4.69) is 5.32 Å². The molecule has 2 rings (SSSR count). The second kappa shape index (κ2) is 7.43. The van der Waals surface area contributed by atoms with Crippen LogP contribution in [0.1, 0.15) is 5.56 Å². The predicted molar refractivity (Wildman–Crippen MR) is 80.4 cm³/mol. The maximum Gasteiger partial charge on any atom is 0.230 e. The number of hydrogen-bond donors (Lipinski definition) is 1. The highest BCUT2D eigenvalue weighted by Gasteiger charge is 2.08. The summed E-state index contributed by atoms with van der Waals surface area (Å²) in [6.45, 7) is 0.353. The minimum absolute atomic E-state index is 0.0586. The van der Waals surface area contributed by atoms with Gasteiger partial charge in [-0.2, -0.15) is 0 Å². The number of carbonyl (C=O) groups excluding carboxylic acids is 1. The Labute approximate surface area is 130 Å². The van der Waals surface area contributed by atoms with Crippen LogP contribution in [0, 0.1) is 11.6 Å². The topological polar surface area (TPSA) is 29.1 Å². The summed E-state index contributed by atoms with van der Waals surface area (Å²) in [5.74, 6) is -1.48. The summed E-state index contributed by atoms with van der Waals surface area (Å²) in [7, 11) is 0. The lowest BCUT2D eigenvalue weighted by Gasteiger charge is -2.06. The second-order valence-electron chi connectivity index (χ2n) is 4.27. The standard InChI is InChI=1S/C15H12ClF2NOS/c16-11-3-1-2-10(6-11)8-19-15(20)9-21-14-5-4-12(17)7-13(14)18/h1-7H,8-9H2,(H,19,20). The van der Waals surface area contributed by atoms with Crippen molar-refractivity contribution >= 4 is 29.3 Å². The van der Waals surface area contributed by atoms with Crippen LogP contribution in [0.3, 0.4) is 0 Å². The van der Waals surface area contributed by atoms with E-state index in [1.807, 2.05) is 6.07 Å². The summed E-state index contributed by atoms with van der Waals surface area (Å²) in [4.78, 5) is 11.9. The van der Waals surface area contributed by atoms with Crippen LogP contribution in [-0.2, 0) is 11.3 Å². The molecule has 0 aromatic heterocycles. The van der Waals surface area contributed by atoms with Crippen molar-refractivity contribution < 1.29 is 13.6 Å². The third-order valence-electron chi connectivity index (χ3n) is 2.63. The van der Waals surface area contributed by atoms with Crippen molar-refractivity contribution in [2.24, 2.45) is 0 Å². The van der Waals surface area contributed by atoms with Crippen molar-refractivity contribution in [3.8, 4) is 0 Å². The van der Waals surface area contributed by atoms with Crippen LogP contribution in [-0.4, -0.2) is 11.7 Å². The molecule has 6 heteroatoms. The van der Waals surface area contributed by atoms with Gasteiger partial charge in [-0.05, 0) is 29.8 Å². The molecule has 0 spiro atoms. The van der Waals surface area contributed by atoms with Gasteiger partial charge in [-0.25, -0.2) is 8.78 Å². The molecule has 0 aliphatic carbocycles. The van der Waals surface area contributed by atoms with Gasteiger partial charge < -0.3 is 5.32 Å². The molecule has 0 aliphatic rings. The van der Waals surface area contributed by atoms with E-state index in [-0.39, 0.29) is 16.6 Å². The Hall–Kier alpha value is -1.59. The van der Waals surface area contributed by atoms with Crippen molar-refractivity contribution in [3.63, 3.8) is 0 Å². The van der Waals surface area contributed by atoms with E-state index in [9.17, 15) is 13.6 Å². The first kappa shape index (κ1) is 15.8. The first-order valence-corrected chi connectivity index (χ1v) is 7.50. The maximum absolute atomic E-state index is 13.4. The summed E-state index contributed by atoms with van der Waals surface area (Å²) in [5, 5.41) is 3.31. The van der Waals surface area contributed by atoms with E-state index < -0.39 is 11.6 Å². The molecule has 21 heavy (non-hydrogen) atoms. The zero-order chi connectivity index (χ0) is 15.2. The molecule has 1 amide bonds. The molecular weight excluding hydrogens is 316 g/mol. The summed E-state index contributed by atoms with van der Waals surface area (Å²) in [5.41, 5.74) is 0.883. The molecule has 0 bridgehead atoms. The average Bonchev–Trinajstić information content (AvgIpc) is 2.44. The minimum Gasteiger partial charge on any atom is -0.351 e. The summed E-state index contributed by atoms with van der Waals surface area (Å²) in [6, 6.07) is 10.4. The van der Waals surface area contributed by atoms with Crippen LogP contribution in [0.15, 0.2) is 47.4 Å². The lowest BCUT2D eigenvalue weighted by Crippen LogP contribution is -2.24. The molecule has 0 unspecified atom stereocenters. The number of benzene rings is 2. The van der Waals surface area contributed by atoms with Crippen molar-refractivity contribution in [2.75, 3.05) is 5.75 Å². The first-order valence-electron chi connectivity index (χ1n) is 6.13. The second-order valence-corrected chi connectivity index (χ2v) is 5.72. The SMILES string of the molecule is O=C(CSc1ccc(F)cc1F)NCc1cccc(Cl)c1. The van der Waals surface area contributed by atoms with E-state index >= 15 is 0 Å². The number of halogens is 3. The molecule has 2 aromatic carbocycles. The average molecular weight is 328 g/mol. The van der Waals surface area contributed by atoms with Crippen LogP contribution in [0.4, 0.5) is 8.78 Å². The normalized spacial score (nSPS) is 10.4. The number of hydrogen-bond acceptors (Lipinski definition) is 2. The van der Waals surface area contributed by atoms with Gasteiger partial charge in [0.1, 0.15) is 11.6 Å². The van der Waals surface area contributed by atoms with Crippen molar-refractivity contribution in [1.82, 2.24) is 5.32 Å². The zero-order valence-corrected chi connectivity index (χ0v) is 12.5. The number of thioether (sulfide) groups is 1. The smallest absolute Gasteiger partial charge is 0.230 e. The molecule has 0 saturated heterocycles. The molecule has 0 radical (unpaired) electrons. The van der Waals surface area contributed by atoms with Crippen molar-refractivity contribution in [2.45, 2.75) is 11.4 Å². The molecular formula is C15H12ClF2NOS. The van der Waals surface area contributed by atoms with E-state index in [4.69, 9.17) is 11.6 Å². The monoisotopic (exact) mass is 327 g/mol. The van der Waals surface area contributed by atoms with E-state index in [1.165, 1.54) is 6.07 Å². The van der Waals surface area contributed by atoms with Gasteiger partial charge >= 0.3 is 0 Å². The van der Waals surface area contributed by atoms with Gasteiger partial charge in [0.2, 0.25) is 5.91 Å². The third-order valence-corrected chi connectivity index (χ3v) is 3.92. The Balaban J connectivity index is 1.82. The van der Waals surface area contributed by atoms with Gasteiger partial charge in [-0.1, -0.05) is 23.7 Å². The minimum atomic E-state index is -0.664. The molecule has 0 heterocycles. The lowest BCUT2D eigenvalue weighted by atomic mass is 10.2. The molecule has 2 nitrogen and oxygen atoms in total. The van der Waals surface area contributed by atoms with Crippen molar-refractivity contribution in [3.05, 3.63) is 64.7 Å². The van der Waals surface area contributed by atoms with E-state index in [0.29, 0.717) is 11.6 Å². The zero-order valence-electron chi connectivity index (χ0n) is 10.9. The summed E-state index contributed by atoms with van der Waals surface area (Å²) >= 11 is 6.86. The van der Waals surface area contributed by atoms with E-state index in [1.54, 1.807) is 18.2 Å². The fourth-order valence-electron chi connectivity index (χ4n) is 1.63. The molecule has 110 valence electrons. The largest absolute Gasteiger partial charge is 0.351 e. The van der Waals surface area contributed by atoms with Gasteiger partial charge in [0.25, 0.3) is 0 Å². The molecule has 0 saturated carbocycles. The van der Waals surface area contributed by atoms with Crippen LogP contribution >= 0.6 is 23.4 Å². The van der Waals surface area contributed by atoms with Crippen LogP contribution in [0.2, 0.25) is 5.02 Å². The van der Waals surface area contributed by atoms with Crippen LogP contribution in [0.25, 0.3) is 0 Å². The van der Waals surface area contributed by atoms with Crippen LogP contribution < -0.4 is 5.32 Å². The summed E-state index contributed by atoms with van der Waals surface area (Å²) < 4.78 is 26.1. The summed E-state index contributed by atoms with van der Waals surface area (Å²) in [6.07, 6.45) is 0.